The van der Waals surface area contributed by atoms with E-state index in [9.17, 15) is 36.3 Å². The molecule has 3 aromatic rings. The summed E-state index contributed by atoms with van der Waals surface area (Å²) >= 11 is 0. The van der Waals surface area contributed by atoms with Crippen molar-refractivity contribution in [1.82, 2.24) is 0 Å². The molecular formula is C26H19F5N2O4. The predicted molar refractivity (Wildman–Crippen MR) is 123 cm³/mol. The third-order valence-electron chi connectivity index (χ3n) is 5.77. The van der Waals surface area contributed by atoms with Gasteiger partial charge in [0, 0.05) is 5.69 Å². The van der Waals surface area contributed by atoms with E-state index < -0.39 is 52.1 Å². The quantitative estimate of drug-likeness (QED) is 0.232. The number of nitrogens with one attached hydrogen (secondary N) is 1. The molecule has 4 rings (SSSR count). The van der Waals surface area contributed by atoms with E-state index in [-0.39, 0.29) is 28.7 Å². The Labute approximate surface area is 207 Å². The van der Waals surface area contributed by atoms with E-state index in [4.69, 9.17) is 10.5 Å². The average molecular weight is 518 g/mol. The number of hydrogen-bond acceptors (Lipinski definition) is 4. The molecule has 3 N–H and O–H groups in total. The van der Waals surface area contributed by atoms with Crippen LogP contribution in [0.4, 0.5) is 27.6 Å². The van der Waals surface area contributed by atoms with Gasteiger partial charge in [0.05, 0.1) is 16.7 Å². The van der Waals surface area contributed by atoms with Crippen LogP contribution in [-0.4, -0.2) is 17.6 Å². The maximum atomic E-state index is 14.0. The van der Waals surface area contributed by atoms with Crippen molar-refractivity contribution in [2.24, 2.45) is 5.73 Å². The van der Waals surface area contributed by atoms with E-state index in [1.165, 1.54) is 13.0 Å². The number of ketones is 1. The fraction of sp³-hybridized carbons (Fsp3) is 0.192. The Morgan fingerprint density at radius 3 is 2.24 bits per heavy atom. The van der Waals surface area contributed by atoms with E-state index in [0.29, 0.717) is 24.5 Å². The van der Waals surface area contributed by atoms with Gasteiger partial charge < -0.3 is 15.8 Å². The molecule has 0 spiro atoms. The third kappa shape index (κ3) is 5.60. The maximum Gasteiger partial charge on any atom is 0.416 e. The van der Waals surface area contributed by atoms with Gasteiger partial charge in [-0.25, -0.2) is 8.78 Å². The lowest BCUT2D eigenvalue weighted by atomic mass is 9.98. The number of carbonyl (C=O) groups is 3. The molecule has 11 heteroatoms. The highest BCUT2D eigenvalue weighted by Gasteiger charge is 2.40. The number of benzene rings is 3. The monoisotopic (exact) mass is 518 g/mol. The van der Waals surface area contributed by atoms with Crippen molar-refractivity contribution in [1.29, 1.82) is 0 Å². The van der Waals surface area contributed by atoms with Crippen LogP contribution in [0.5, 0.6) is 11.5 Å². The van der Waals surface area contributed by atoms with Gasteiger partial charge in [0.2, 0.25) is 0 Å². The Kier molecular flexibility index (Phi) is 6.72. The molecule has 1 aliphatic carbocycles. The second-order valence-electron chi connectivity index (χ2n) is 8.56. The molecule has 0 bridgehead atoms. The normalized spacial score (nSPS) is 13.2. The minimum atomic E-state index is -4.77. The van der Waals surface area contributed by atoms with Crippen LogP contribution in [0, 0.1) is 18.6 Å². The Morgan fingerprint density at radius 1 is 0.946 bits per heavy atom. The highest BCUT2D eigenvalue weighted by atomic mass is 19.4. The molecule has 1 aliphatic rings. The minimum Gasteiger partial charge on any atom is -0.456 e. The fourth-order valence-corrected chi connectivity index (χ4v) is 3.79. The Morgan fingerprint density at radius 2 is 1.65 bits per heavy atom. The second kappa shape index (κ2) is 9.64. The summed E-state index contributed by atoms with van der Waals surface area (Å²) in [7, 11) is 0. The van der Waals surface area contributed by atoms with Gasteiger partial charge in [0.25, 0.3) is 17.6 Å². The summed E-state index contributed by atoms with van der Waals surface area (Å²) in [5, 5.41) is 2.30. The lowest BCUT2D eigenvalue weighted by molar-refractivity contribution is -0.138. The Bertz CT molecular complexity index is 1430. The summed E-state index contributed by atoms with van der Waals surface area (Å²) in [6, 6.07) is 8.04. The van der Waals surface area contributed by atoms with Gasteiger partial charge in [-0.15, -0.1) is 0 Å². The summed E-state index contributed by atoms with van der Waals surface area (Å²) in [4.78, 5) is 36.2. The van der Waals surface area contributed by atoms with Crippen molar-refractivity contribution < 1.29 is 41.1 Å². The van der Waals surface area contributed by atoms with Crippen LogP contribution in [0.3, 0.4) is 0 Å². The largest absolute Gasteiger partial charge is 0.456 e. The number of Topliss-reactive ketones (excluding diaryl/α,β-unsaturated/α-hetero) is 1. The van der Waals surface area contributed by atoms with Crippen LogP contribution in [-0.2, 0) is 11.0 Å². The number of alkyl halides is 3. The highest BCUT2D eigenvalue weighted by Crippen LogP contribution is 2.48. The third-order valence-corrected chi connectivity index (χ3v) is 5.77. The fourth-order valence-electron chi connectivity index (χ4n) is 3.79. The summed E-state index contributed by atoms with van der Waals surface area (Å²) in [5.41, 5.74) is 2.80. The molecule has 192 valence electrons. The maximum absolute atomic E-state index is 14.0. The molecule has 2 amide bonds. The second-order valence-corrected chi connectivity index (χ2v) is 8.56. The molecule has 0 radical (unpaired) electrons. The number of hydrogen-bond donors (Lipinski definition) is 2. The first kappa shape index (κ1) is 25.8. The average Bonchev–Trinajstić information content (AvgIpc) is 3.66. The lowest BCUT2D eigenvalue weighted by Crippen LogP contribution is -2.24. The zero-order valence-electron chi connectivity index (χ0n) is 19.2. The van der Waals surface area contributed by atoms with Gasteiger partial charge in [-0.2, -0.15) is 13.2 Å². The molecule has 1 saturated carbocycles. The summed E-state index contributed by atoms with van der Waals surface area (Å²) in [6.07, 6.45) is -3.69. The standard InChI is InChI=1S/C26H19F5N2O4/c1-12-8-14(27)4-7-21(12)37-22-11-16(13-2-3-13)19(26(29,30)31)10-18(22)25(36)33-15-5-6-20(28)17(9-15)23(34)24(32)35/h4-11,13H,2-3H2,1H3,(H2,32,35)(H,33,36). The van der Waals surface area contributed by atoms with E-state index in [2.05, 4.69) is 5.32 Å². The van der Waals surface area contributed by atoms with E-state index in [0.717, 1.165) is 36.4 Å². The zero-order valence-corrected chi connectivity index (χ0v) is 19.2. The van der Waals surface area contributed by atoms with Gasteiger partial charge in [-0.05, 0) is 85.3 Å². The number of halogens is 5. The first-order chi connectivity index (χ1) is 17.3. The van der Waals surface area contributed by atoms with E-state index in [1.54, 1.807) is 0 Å². The first-order valence-electron chi connectivity index (χ1n) is 11.0. The smallest absolute Gasteiger partial charge is 0.416 e. The molecule has 6 nitrogen and oxygen atoms in total. The van der Waals surface area contributed by atoms with Crippen molar-refractivity contribution in [3.63, 3.8) is 0 Å². The number of rotatable bonds is 7. The minimum absolute atomic E-state index is 0.0325. The number of ether oxygens (including phenoxy) is 1. The summed E-state index contributed by atoms with van der Waals surface area (Å²) < 4.78 is 75.0. The van der Waals surface area contributed by atoms with Gasteiger partial charge >= 0.3 is 6.18 Å². The van der Waals surface area contributed by atoms with Crippen LogP contribution >= 0.6 is 0 Å². The van der Waals surface area contributed by atoms with E-state index in [1.807, 2.05) is 0 Å². The van der Waals surface area contributed by atoms with Crippen LogP contribution in [0.15, 0.2) is 48.5 Å². The highest BCUT2D eigenvalue weighted by molar-refractivity contribution is 6.42. The number of anilines is 1. The van der Waals surface area contributed by atoms with Crippen LogP contribution in [0.2, 0.25) is 0 Å². The Hall–Kier alpha value is -4.28. The molecule has 0 aromatic heterocycles. The van der Waals surface area contributed by atoms with Gasteiger partial charge in [-0.1, -0.05) is 0 Å². The molecule has 0 saturated heterocycles. The van der Waals surface area contributed by atoms with Gasteiger partial charge in [0.15, 0.2) is 0 Å². The van der Waals surface area contributed by atoms with Crippen molar-refractivity contribution >= 4 is 23.3 Å². The molecule has 0 aliphatic heterocycles. The molecule has 37 heavy (non-hydrogen) atoms. The number of amides is 2. The molecule has 3 aromatic carbocycles. The zero-order chi connectivity index (χ0) is 27.1. The summed E-state index contributed by atoms with van der Waals surface area (Å²) in [6.45, 7) is 1.53. The lowest BCUT2D eigenvalue weighted by Gasteiger charge is -2.19. The van der Waals surface area contributed by atoms with E-state index >= 15 is 0 Å². The van der Waals surface area contributed by atoms with Crippen molar-refractivity contribution in [3.05, 3.63) is 88.0 Å². The van der Waals surface area contributed by atoms with Crippen LogP contribution < -0.4 is 15.8 Å². The SMILES string of the molecule is Cc1cc(F)ccc1Oc1cc(C2CC2)c(C(F)(F)F)cc1C(=O)Nc1ccc(F)c(C(=O)C(N)=O)c1. The van der Waals surface area contributed by atoms with Crippen LogP contribution in [0.1, 0.15) is 56.2 Å². The molecule has 0 heterocycles. The number of primary amides is 1. The van der Waals surface area contributed by atoms with Crippen LogP contribution in [0.25, 0.3) is 0 Å². The van der Waals surface area contributed by atoms with Crippen molar-refractivity contribution in [2.75, 3.05) is 5.32 Å². The van der Waals surface area contributed by atoms with Crippen molar-refractivity contribution in [2.45, 2.75) is 31.9 Å². The molecule has 1 fully saturated rings. The number of carbonyl (C=O) groups excluding carboxylic acids is 3. The predicted octanol–water partition coefficient (Wildman–Crippen LogP) is 5.88. The number of aryl methyl sites for hydroxylation is 1. The molecular weight excluding hydrogens is 499 g/mol. The van der Waals surface area contributed by atoms with Gasteiger partial charge in [0.1, 0.15) is 23.1 Å². The topological polar surface area (TPSA) is 98.5 Å². The number of nitrogens with two attached hydrogens (primary N) is 1. The van der Waals surface area contributed by atoms with Crippen molar-refractivity contribution in [3.8, 4) is 11.5 Å². The van der Waals surface area contributed by atoms with Gasteiger partial charge in [-0.3, -0.25) is 14.4 Å². The molecule has 0 atom stereocenters. The Balaban J connectivity index is 1.78. The summed E-state index contributed by atoms with van der Waals surface area (Å²) in [5.74, 6) is -5.92. The first-order valence-corrected chi connectivity index (χ1v) is 11.0. The molecule has 0 unspecified atom stereocenters.